The van der Waals surface area contributed by atoms with Gasteiger partial charge in [0, 0.05) is 24.2 Å². The summed E-state index contributed by atoms with van der Waals surface area (Å²) in [5.41, 5.74) is 4.54. The van der Waals surface area contributed by atoms with Crippen LogP contribution in [0.25, 0.3) is 0 Å². The van der Waals surface area contributed by atoms with Crippen molar-refractivity contribution in [3.63, 3.8) is 0 Å². The summed E-state index contributed by atoms with van der Waals surface area (Å²) in [4.78, 5) is 36.9. The van der Waals surface area contributed by atoms with Gasteiger partial charge in [-0.05, 0) is 24.1 Å². The molecule has 1 unspecified atom stereocenters. The second-order valence-corrected chi connectivity index (χ2v) is 4.92. The van der Waals surface area contributed by atoms with E-state index in [-0.39, 0.29) is 18.2 Å². The average Bonchev–Trinajstić information content (AvgIpc) is 2.76. The van der Waals surface area contributed by atoms with Crippen LogP contribution in [0.15, 0.2) is 18.2 Å². The fraction of sp³-hybridized carbons (Fsp3) is 0.308. The monoisotopic (exact) mass is 274 g/mol. The Hall–Kier alpha value is -2.41. The van der Waals surface area contributed by atoms with E-state index in [2.05, 4.69) is 10.7 Å². The van der Waals surface area contributed by atoms with Crippen molar-refractivity contribution in [2.24, 2.45) is 5.84 Å². The topological polar surface area (TPSA) is 105 Å². The van der Waals surface area contributed by atoms with E-state index in [1.54, 1.807) is 12.1 Å². The van der Waals surface area contributed by atoms with Crippen LogP contribution in [-0.2, 0) is 16.1 Å². The summed E-state index contributed by atoms with van der Waals surface area (Å²) in [6.45, 7) is 0.380. The number of nitrogen functional groups attached to an aromatic ring is 1. The Morgan fingerprint density at radius 2 is 2.10 bits per heavy atom. The van der Waals surface area contributed by atoms with Crippen LogP contribution in [0.4, 0.5) is 5.69 Å². The van der Waals surface area contributed by atoms with E-state index in [1.807, 2.05) is 6.07 Å². The maximum atomic E-state index is 12.4. The fourth-order valence-electron chi connectivity index (χ4n) is 2.64. The molecule has 1 saturated heterocycles. The number of nitrogens with one attached hydrogen (secondary N) is 2. The lowest BCUT2D eigenvalue weighted by Gasteiger charge is -2.29. The number of carbonyl (C=O) groups excluding carboxylic acids is 3. The van der Waals surface area contributed by atoms with Crippen molar-refractivity contribution in [2.75, 3.05) is 5.43 Å². The van der Waals surface area contributed by atoms with Crippen LogP contribution in [0.3, 0.4) is 0 Å². The SMILES string of the molecule is NNc1ccc2c(c1)C(=O)N(C1CCC(=O)NC1=O)C2. The summed E-state index contributed by atoms with van der Waals surface area (Å²) < 4.78 is 0. The molecule has 0 radical (unpaired) electrons. The molecule has 2 heterocycles. The summed E-state index contributed by atoms with van der Waals surface area (Å²) >= 11 is 0. The Kier molecular flexibility index (Phi) is 2.90. The lowest BCUT2D eigenvalue weighted by molar-refractivity contribution is -0.136. The minimum absolute atomic E-state index is 0.202. The van der Waals surface area contributed by atoms with Gasteiger partial charge in [0.2, 0.25) is 11.8 Å². The van der Waals surface area contributed by atoms with Crippen LogP contribution < -0.4 is 16.6 Å². The zero-order valence-corrected chi connectivity index (χ0v) is 10.7. The van der Waals surface area contributed by atoms with Crippen molar-refractivity contribution in [2.45, 2.75) is 25.4 Å². The van der Waals surface area contributed by atoms with Gasteiger partial charge in [0.05, 0.1) is 0 Å². The highest BCUT2D eigenvalue weighted by atomic mass is 16.2. The van der Waals surface area contributed by atoms with Gasteiger partial charge in [0.15, 0.2) is 0 Å². The predicted molar refractivity (Wildman–Crippen MR) is 70.3 cm³/mol. The molecule has 3 rings (SSSR count). The Morgan fingerprint density at radius 3 is 2.80 bits per heavy atom. The number of amides is 3. The molecule has 104 valence electrons. The maximum Gasteiger partial charge on any atom is 0.255 e. The first-order valence-corrected chi connectivity index (χ1v) is 6.34. The Labute approximate surface area is 115 Å². The molecule has 2 aliphatic heterocycles. The third kappa shape index (κ3) is 1.92. The molecular formula is C13H14N4O3. The largest absolute Gasteiger partial charge is 0.324 e. The van der Waals surface area contributed by atoms with Crippen LogP contribution in [0.1, 0.15) is 28.8 Å². The number of imide groups is 1. The van der Waals surface area contributed by atoms with E-state index in [4.69, 9.17) is 5.84 Å². The van der Waals surface area contributed by atoms with Crippen molar-refractivity contribution < 1.29 is 14.4 Å². The molecule has 1 aromatic carbocycles. The van der Waals surface area contributed by atoms with Crippen molar-refractivity contribution in [1.29, 1.82) is 0 Å². The van der Waals surface area contributed by atoms with E-state index in [0.717, 1.165) is 5.56 Å². The number of hydrogen-bond donors (Lipinski definition) is 3. The summed E-state index contributed by atoms with van der Waals surface area (Å²) in [6.07, 6.45) is 0.624. The highest BCUT2D eigenvalue weighted by molar-refractivity contribution is 6.05. The first-order valence-electron chi connectivity index (χ1n) is 6.34. The second kappa shape index (κ2) is 4.61. The van der Waals surface area contributed by atoms with Gasteiger partial charge < -0.3 is 10.3 Å². The Balaban J connectivity index is 1.86. The van der Waals surface area contributed by atoms with Gasteiger partial charge in [0.1, 0.15) is 6.04 Å². The highest BCUT2D eigenvalue weighted by Crippen LogP contribution is 2.29. The lowest BCUT2D eigenvalue weighted by Crippen LogP contribution is -2.52. The Morgan fingerprint density at radius 1 is 1.30 bits per heavy atom. The summed E-state index contributed by atoms with van der Waals surface area (Å²) in [6, 6.07) is 4.68. The standard InChI is InChI=1S/C13H14N4O3/c14-16-8-2-1-7-6-17(13(20)9(7)5-8)10-3-4-11(18)15-12(10)19/h1-2,5,10,16H,3-4,6,14H2,(H,15,18,19). The highest BCUT2D eigenvalue weighted by Gasteiger charge is 2.38. The number of piperidine rings is 1. The molecule has 1 aromatic rings. The minimum atomic E-state index is -0.582. The molecule has 1 fully saturated rings. The van der Waals surface area contributed by atoms with Gasteiger partial charge in [-0.3, -0.25) is 25.5 Å². The third-order valence-corrected chi connectivity index (χ3v) is 3.69. The summed E-state index contributed by atoms with van der Waals surface area (Å²) in [5.74, 6) is 4.44. The molecule has 0 aliphatic carbocycles. The van der Waals surface area contributed by atoms with Gasteiger partial charge in [0.25, 0.3) is 5.91 Å². The molecule has 1 atom stereocenters. The quantitative estimate of drug-likeness (QED) is 0.391. The molecule has 20 heavy (non-hydrogen) atoms. The molecule has 0 spiro atoms. The van der Waals surface area contributed by atoms with Crippen LogP contribution in [-0.4, -0.2) is 28.7 Å². The molecule has 4 N–H and O–H groups in total. The zero-order chi connectivity index (χ0) is 14.3. The normalized spacial score (nSPS) is 21.8. The zero-order valence-electron chi connectivity index (χ0n) is 10.7. The summed E-state index contributed by atoms with van der Waals surface area (Å²) in [5, 5.41) is 2.27. The van der Waals surface area contributed by atoms with Gasteiger partial charge in [-0.2, -0.15) is 0 Å². The van der Waals surface area contributed by atoms with E-state index in [0.29, 0.717) is 24.2 Å². The number of nitrogens with two attached hydrogens (primary N) is 1. The van der Waals surface area contributed by atoms with Crippen LogP contribution in [0.2, 0.25) is 0 Å². The van der Waals surface area contributed by atoms with Crippen molar-refractivity contribution >= 4 is 23.4 Å². The van der Waals surface area contributed by atoms with Crippen LogP contribution in [0, 0.1) is 0 Å². The third-order valence-electron chi connectivity index (χ3n) is 3.69. The molecule has 3 amide bonds. The smallest absolute Gasteiger partial charge is 0.255 e. The number of hydrazine groups is 1. The number of rotatable bonds is 2. The van der Waals surface area contributed by atoms with Gasteiger partial charge in [-0.15, -0.1) is 0 Å². The lowest BCUT2D eigenvalue weighted by atomic mass is 10.0. The number of anilines is 1. The Bertz CT molecular complexity index is 614. The van der Waals surface area contributed by atoms with Crippen LogP contribution in [0.5, 0.6) is 0 Å². The first-order chi connectivity index (χ1) is 9.60. The molecule has 7 heteroatoms. The number of carbonyl (C=O) groups is 3. The molecule has 2 aliphatic rings. The fourth-order valence-corrected chi connectivity index (χ4v) is 2.64. The number of benzene rings is 1. The molecule has 0 saturated carbocycles. The molecule has 0 aromatic heterocycles. The van der Waals surface area contributed by atoms with Gasteiger partial charge >= 0.3 is 0 Å². The van der Waals surface area contributed by atoms with E-state index in [9.17, 15) is 14.4 Å². The van der Waals surface area contributed by atoms with Crippen molar-refractivity contribution in [1.82, 2.24) is 10.2 Å². The predicted octanol–water partition coefficient (Wildman–Crippen LogP) is -0.267. The van der Waals surface area contributed by atoms with Crippen LogP contribution >= 0.6 is 0 Å². The first kappa shape index (κ1) is 12.6. The number of hydrogen-bond acceptors (Lipinski definition) is 5. The number of fused-ring (bicyclic) bond motifs is 1. The second-order valence-electron chi connectivity index (χ2n) is 4.92. The van der Waals surface area contributed by atoms with E-state index in [1.165, 1.54) is 4.90 Å². The van der Waals surface area contributed by atoms with E-state index >= 15 is 0 Å². The van der Waals surface area contributed by atoms with Crippen molar-refractivity contribution in [3.8, 4) is 0 Å². The van der Waals surface area contributed by atoms with Gasteiger partial charge in [-0.25, -0.2) is 0 Å². The average molecular weight is 274 g/mol. The van der Waals surface area contributed by atoms with Crippen molar-refractivity contribution in [3.05, 3.63) is 29.3 Å². The maximum absolute atomic E-state index is 12.4. The molecule has 7 nitrogen and oxygen atoms in total. The minimum Gasteiger partial charge on any atom is -0.324 e. The summed E-state index contributed by atoms with van der Waals surface area (Å²) in [7, 11) is 0. The van der Waals surface area contributed by atoms with Gasteiger partial charge in [-0.1, -0.05) is 6.07 Å². The van der Waals surface area contributed by atoms with E-state index < -0.39 is 11.9 Å². The molecular weight excluding hydrogens is 260 g/mol. The molecule has 0 bridgehead atoms. The number of nitrogens with zero attached hydrogens (tertiary/aromatic N) is 1.